The van der Waals surface area contributed by atoms with Crippen LogP contribution < -0.4 is 5.73 Å². The monoisotopic (exact) mass is 378 g/mol. The summed E-state index contributed by atoms with van der Waals surface area (Å²) in [6, 6.07) is 3.52. The van der Waals surface area contributed by atoms with Crippen molar-refractivity contribution in [3.63, 3.8) is 0 Å². The lowest BCUT2D eigenvalue weighted by Gasteiger charge is -2.22. The van der Waals surface area contributed by atoms with Crippen LogP contribution in [0.2, 0.25) is 0 Å². The van der Waals surface area contributed by atoms with E-state index in [-0.39, 0.29) is 4.90 Å². The summed E-state index contributed by atoms with van der Waals surface area (Å²) in [6.45, 7) is 7.56. The maximum absolute atomic E-state index is 12.8. The normalized spacial score (nSPS) is 12.1. The molecule has 0 atom stereocenters. The molecule has 0 aromatic heterocycles. The predicted octanol–water partition coefficient (Wildman–Crippen LogP) is 2.26. The largest absolute Gasteiger partial charge is 0.380 e. The molecule has 1 aromatic rings. The second kappa shape index (κ2) is 8.24. The Morgan fingerprint density at radius 3 is 2.52 bits per heavy atom. The highest BCUT2D eigenvalue weighted by atomic mass is 79.9. The van der Waals surface area contributed by atoms with Gasteiger partial charge in [-0.2, -0.15) is 4.31 Å². The number of ether oxygens (including phenoxy) is 1. The van der Waals surface area contributed by atoms with Gasteiger partial charge >= 0.3 is 0 Å². The highest BCUT2D eigenvalue weighted by Crippen LogP contribution is 2.29. The van der Waals surface area contributed by atoms with Crippen LogP contribution in [0.25, 0.3) is 0 Å². The van der Waals surface area contributed by atoms with Gasteiger partial charge in [0.2, 0.25) is 10.0 Å². The third kappa shape index (κ3) is 4.50. The van der Waals surface area contributed by atoms with Crippen LogP contribution in [0.3, 0.4) is 0 Å². The van der Waals surface area contributed by atoms with Crippen LogP contribution in [0.4, 0.5) is 0 Å². The van der Waals surface area contributed by atoms with E-state index in [4.69, 9.17) is 10.5 Å². The molecule has 0 aliphatic heterocycles. The minimum atomic E-state index is -3.57. The zero-order valence-electron chi connectivity index (χ0n) is 12.7. The number of halogens is 1. The first-order chi connectivity index (χ1) is 9.88. The third-order valence-electron chi connectivity index (χ3n) is 3.18. The molecule has 0 aliphatic rings. The lowest BCUT2D eigenvalue weighted by atomic mass is 10.1. The van der Waals surface area contributed by atoms with E-state index < -0.39 is 10.0 Å². The van der Waals surface area contributed by atoms with Crippen LogP contribution in [-0.4, -0.2) is 39.0 Å². The fourth-order valence-corrected chi connectivity index (χ4v) is 4.48. The van der Waals surface area contributed by atoms with Crippen LogP contribution in [-0.2, 0) is 21.3 Å². The molecule has 0 amide bonds. The molecule has 7 heteroatoms. The summed E-state index contributed by atoms with van der Waals surface area (Å²) in [5.74, 6) is 0. The quantitative estimate of drug-likeness (QED) is 0.704. The number of nitrogens with two attached hydrogens (primary N) is 1. The summed E-state index contributed by atoms with van der Waals surface area (Å²) in [6.07, 6.45) is 0. The van der Waals surface area contributed by atoms with Crippen LogP contribution >= 0.6 is 15.9 Å². The van der Waals surface area contributed by atoms with Gasteiger partial charge in [0.1, 0.15) is 0 Å². The van der Waals surface area contributed by atoms with Crippen molar-refractivity contribution >= 4 is 26.0 Å². The molecule has 0 radical (unpaired) electrons. The molecule has 0 spiro atoms. The van der Waals surface area contributed by atoms with Gasteiger partial charge in [-0.25, -0.2) is 8.42 Å². The average molecular weight is 379 g/mol. The van der Waals surface area contributed by atoms with E-state index in [1.807, 2.05) is 26.8 Å². The van der Waals surface area contributed by atoms with Crippen molar-refractivity contribution in [2.24, 2.45) is 5.73 Å². The van der Waals surface area contributed by atoms with Crippen molar-refractivity contribution in [2.75, 3.05) is 26.3 Å². The molecule has 0 aliphatic carbocycles. The van der Waals surface area contributed by atoms with E-state index in [9.17, 15) is 8.42 Å². The van der Waals surface area contributed by atoms with Crippen molar-refractivity contribution < 1.29 is 13.2 Å². The summed E-state index contributed by atoms with van der Waals surface area (Å²) in [7, 11) is -3.57. The third-order valence-corrected chi connectivity index (χ3v) is 6.49. The Morgan fingerprint density at radius 2 is 2.00 bits per heavy atom. The lowest BCUT2D eigenvalue weighted by Crippen LogP contribution is -2.34. The highest BCUT2D eigenvalue weighted by molar-refractivity contribution is 9.10. The van der Waals surface area contributed by atoms with Gasteiger partial charge < -0.3 is 10.5 Å². The van der Waals surface area contributed by atoms with E-state index in [0.717, 1.165) is 11.1 Å². The first-order valence-corrected chi connectivity index (χ1v) is 9.18. The minimum absolute atomic E-state index is 0.265. The molecule has 0 saturated heterocycles. The first-order valence-electron chi connectivity index (χ1n) is 6.95. The molecule has 1 aromatic carbocycles. The number of benzene rings is 1. The molecular formula is C14H23BrN2O3S. The zero-order valence-corrected chi connectivity index (χ0v) is 15.1. The molecule has 21 heavy (non-hydrogen) atoms. The topological polar surface area (TPSA) is 72.6 Å². The minimum Gasteiger partial charge on any atom is -0.380 e. The fourth-order valence-electron chi connectivity index (χ4n) is 2.01. The van der Waals surface area contributed by atoms with Crippen molar-refractivity contribution in [1.82, 2.24) is 4.31 Å². The SMILES string of the molecule is CCOCCN(CC)S(=O)(=O)c1cc(CN)cc(C)c1Br. The molecule has 0 heterocycles. The van der Waals surface area contributed by atoms with E-state index in [0.29, 0.717) is 37.3 Å². The van der Waals surface area contributed by atoms with Crippen molar-refractivity contribution in [3.8, 4) is 0 Å². The molecule has 0 bridgehead atoms. The zero-order chi connectivity index (χ0) is 16.0. The Morgan fingerprint density at radius 1 is 1.33 bits per heavy atom. The van der Waals surface area contributed by atoms with Gasteiger partial charge in [0.05, 0.1) is 11.5 Å². The van der Waals surface area contributed by atoms with E-state index in [2.05, 4.69) is 15.9 Å². The molecule has 0 saturated carbocycles. The Bertz CT molecular complexity index is 576. The molecule has 0 unspecified atom stereocenters. The van der Waals surface area contributed by atoms with Crippen LogP contribution in [0.1, 0.15) is 25.0 Å². The molecule has 0 fully saturated rings. The Kier molecular flexibility index (Phi) is 7.29. The molecular weight excluding hydrogens is 356 g/mol. The van der Waals surface area contributed by atoms with E-state index in [1.165, 1.54) is 4.31 Å². The van der Waals surface area contributed by atoms with Crippen LogP contribution in [0.5, 0.6) is 0 Å². The number of nitrogens with zero attached hydrogens (tertiary/aromatic N) is 1. The van der Waals surface area contributed by atoms with Crippen molar-refractivity contribution in [3.05, 3.63) is 27.7 Å². The summed E-state index contributed by atoms with van der Waals surface area (Å²) < 4.78 is 32.9. The smallest absolute Gasteiger partial charge is 0.244 e. The summed E-state index contributed by atoms with van der Waals surface area (Å²) >= 11 is 3.38. The first kappa shape index (κ1) is 18.6. The molecule has 120 valence electrons. The van der Waals surface area contributed by atoms with Crippen LogP contribution in [0, 0.1) is 6.92 Å². The number of aryl methyl sites for hydroxylation is 1. The van der Waals surface area contributed by atoms with Gasteiger partial charge in [-0.1, -0.05) is 13.0 Å². The Labute approximate surface area is 135 Å². The summed E-state index contributed by atoms with van der Waals surface area (Å²) in [5.41, 5.74) is 7.30. The fraction of sp³-hybridized carbons (Fsp3) is 0.571. The lowest BCUT2D eigenvalue weighted by molar-refractivity contribution is 0.135. The second-order valence-electron chi connectivity index (χ2n) is 4.62. The Hall–Kier alpha value is -0.470. The van der Waals surface area contributed by atoms with Gasteiger partial charge in [-0.05, 0) is 47.0 Å². The van der Waals surface area contributed by atoms with Gasteiger partial charge in [0.25, 0.3) is 0 Å². The number of sulfonamides is 1. The van der Waals surface area contributed by atoms with Gasteiger partial charge in [0, 0.05) is 30.7 Å². The number of rotatable bonds is 8. The number of hydrogen-bond donors (Lipinski definition) is 1. The summed E-state index contributed by atoms with van der Waals surface area (Å²) in [5, 5.41) is 0. The molecule has 5 nitrogen and oxygen atoms in total. The Balaban J connectivity index is 3.19. The summed E-state index contributed by atoms with van der Waals surface area (Å²) in [4.78, 5) is 0.265. The van der Waals surface area contributed by atoms with Crippen molar-refractivity contribution in [2.45, 2.75) is 32.2 Å². The second-order valence-corrected chi connectivity index (χ2v) is 7.32. The average Bonchev–Trinajstić information content (AvgIpc) is 2.45. The van der Waals surface area contributed by atoms with Gasteiger partial charge in [-0.15, -0.1) is 0 Å². The van der Waals surface area contributed by atoms with E-state index >= 15 is 0 Å². The van der Waals surface area contributed by atoms with Crippen molar-refractivity contribution in [1.29, 1.82) is 0 Å². The highest BCUT2D eigenvalue weighted by Gasteiger charge is 2.26. The van der Waals surface area contributed by atoms with Gasteiger partial charge in [-0.3, -0.25) is 0 Å². The number of hydrogen-bond acceptors (Lipinski definition) is 4. The maximum atomic E-state index is 12.8. The maximum Gasteiger partial charge on any atom is 0.244 e. The van der Waals surface area contributed by atoms with Gasteiger partial charge in [0.15, 0.2) is 0 Å². The van der Waals surface area contributed by atoms with E-state index in [1.54, 1.807) is 6.07 Å². The standard InChI is InChI=1S/C14H23BrN2O3S/c1-4-17(6-7-20-5-2)21(18,19)13-9-12(10-16)8-11(3)14(13)15/h8-9H,4-7,10,16H2,1-3H3. The number of likely N-dealkylation sites (N-methyl/N-ethyl adjacent to an activating group) is 1. The molecule has 1 rings (SSSR count). The van der Waals surface area contributed by atoms with Crippen LogP contribution in [0.15, 0.2) is 21.5 Å². The molecule has 2 N–H and O–H groups in total. The predicted molar refractivity (Wildman–Crippen MR) is 87.7 cm³/mol.